The van der Waals surface area contributed by atoms with E-state index in [4.69, 9.17) is 9.47 Å². The zero-order valence-electron chi connectivity index (χ0n) is 13.5. The first-order chi connectivity index (χ1) is 11.5. The van der Waals surface area contributed by atoms with Crippen LogP contribution in [0.2, 0.25) is 0 Å². The molecule has 1 aromatic heterocycles. The highest BCUT2D eigenvalue weighted by Gasteiger charge is 2.19. The molecule has 0 aliphatic rings. The van der Waals surface area contributed by atoms with Crippen molar-refractivity contribution in [2.45, 2.75) is 6.92 Å². The SMILES string of the molecule is COc1cc(Nc2ccc3[nH]c(C)cc3c2)c([N+](=O)[O-])cc1OC. The average molecular weight is 327 g/mol. The Morgan fingerprint density at radius 2 is 1.79 bits per heavy atom. The van der Waals surface area contributed by atoms with Gasteiger partial charge in [-0.25, -0.2) is 0 Å². The molecule has 0 amide bonds. The highest BCUT2D eigenvalue weighted by molar-refractivity contribution is 5.86. The maximum Gasteiger partial charge on any atom is 0.296 e. The standard InChI is InChI=1S/C17H17N3O4/c1-10-6-11-7-12(4-5-13(11)18-10)19-14-8-16(23-2)17(24-3)9-15(14)20(21)22/h4-9,18-19H,1-3H3. The first-order valence-electron chi connectivity index (χ1n) is 7.28. The van der Waals surface area contributed by atoms with E-state index in [0.717, 1.165) is 22.3 Å². The summed E-state index contributed by atoms with van der Waals surface area (Å²) in [6.45, 7) is 1.98. The lowest BCUT2D eigenvalue weighted by molar-refractivity contribution is -0.384. The van der Waals surface area contributed by atoms with Crippen LogP contribution in [0.4, 0.5) is 17.1 Å². The van der Waals surface area contributed by atoms with Crippen LogP contribution in [0.15, 0.2) is 36.4 Å². The van der Waals surface area contributed by atoms with Crippen molar-refractivity contribution in [3.8, 4) is 11.5 Å². The van der Waals surface area contributed by atoms with Crippen LogP contribution in [0.1, 0.15) is 5.69 Å². The zero-order chi connectivity index (χ0) is 17.3. The number of nitro groups is 1. The third-order valence-electron chi connectivity index (χ3n) is 3.73. The smallest absolute Gasteiger partial charge is 0.296 e. The van der Waals surface area contributed by atoms with Crippen molar-refractivity contribution >= 4 is 28.0 Å². The fourth-order valence-corrected chi connectivity index (χ4v) is 2.63. The molecular formula is C17H17N3O4. The molecule has 1 heterocycles. The van der Waals surface area contributed by atoms with Crippen molar-refractivity contribution in [1.29, 1.82) is 0 Å². The Bertz CT molecular complexity index is 918. The van der Waals surface area contributed by atoms with E-state index in [9.17, 15) is 10.1 Å². The summed E-state index contributed by atoms with van der Waals surface area (Å²) in [4.78, 5) is 14.1. The Balaban J connectivity index is 2.04. The highest BCUT2D eigenvalue weighted by atomic mass is 16.6. The van der Waals surface area contributed by atoms with E-state index in [0.29, 0.717) is 17.2 Å². The average Bonchev–Trinajstić information content (AvgIpc) is 2.93. The number of benzene rings is 2. The minimum atomic E-state index is -0.455. The number of aryl methyl sites for hydroxylation is 1. The third-order valence-corrected chi connectivity index (χ3v) is 3.73. The molecule has 124 valence electrons. The zero-order valence-corrected chi connectivity index (χ0v) is 13.5. The first kappa shape index (κ1) is 15.7. The molecule has 7 heteroatoms. The molecular weight excluding hydrogens is 310 g/mol. The molecule has 0 fully saturated rings. The van der Waals surface area contributed by atoms with Crippen molar-refractivity contribution in [2.24, 2.45) is 0 Å². The summed E-state index contributed by atoms with van der Waals surface area (Å²) < 4.78 is 10.4. The highest BCUT2D eigenvalue weighted by Crippen LogP contribution is 2.39. The molecule has 0 aliphatic heterocycles. The summed E-state index contributed by atoms with van der Waals surface area (Å²) in [5.41, 5.74) is 3.07. The van der Waals surface area contributed by atoms with Gasteiger partial charge >= 0.3 is 0 Å². The normalized spacial score (nSPS) is 10.6. The van der Waals surface area contributed by atoms with Crippen LogP contribution < -0.4 is 14.8 Å². The number of nitrogens with one attached hydrogen (secondary N) is 2. The molecule has 0 saturated heterocycles. The molecule has 0 unspecified atom stereocenters. The van der Waals surface area contributed by atoms with Crippen LogP contribution in [0.5, 0.6) is 11.5 Å². The van der Waals surface area contributed by atoms with Gasteiger partial charge in [0.15, 0.2) is 11.5 Å². The second-order valence-corrected chi connectivity index (χ2v) is 5.36. The third kappa shape index (κ3) is 2.83. The Labute approximate surface area is 138 Å². The number of ether oxygens (including phenoxy) is 2. The van der Waals surface area contributed by atoms with Gasteiger partial charge in [0.05, 0.1) is 25.2 Å². The van der Waals surface area contributed by atoms with Crippen molar-refractivity contribution in [3.05, 3.63) is 52.2 Å². The number of anilines is 2. The van der Waals surface area contributed by atoms with Gasteiger partial charge in [0.25, 0.3) is 5.69 Å². The van der Waals surface area contributed by atoms with Gasteiger partial charge in [0.2, 0.25) is 0 Å². The number of rotatable bonds is 5. The Kier molecular flexibility index (Phi) is 3.99. The monoisotopic (exact) mass is 327 g/mol. The summed E-state index contributed by atoms with van der Waals surface area (Å²) in [5, 5.41) is 15.5. The summed E-state index contributed by atoms with van der Waals surface area (Å²) in [6, 6.07) is 10.6. The minimum absolute atomic E-state index is 0.0852. The fourth-order valence-electron chi connectivity index (χ4n) is 2.63. The summed E-state index contributed by atoms with van der Waals surface area (Å²) in [6.07, 6.45) is 0. The quantitative estimate of drug-likeness (QED) is 0.543. The Morgan fingerprint density at radius 3 is 2.46 bits per heavy atom. The van der Waals surface area contributed by atoms with Crippen molar-refractivity contribution < 1.29 is 14.4 Å². The van der Waals surface area contributed by atoms with E-state index in [1.165, 1.54) is 20.3 Å². The minimum Gasteiger partial charge on any atom is -0.493 e. The molecule has 0 aliphatic carbocycles. The predicted molar refractivity (Wildman–Crippen MR) is 92.5 cm³/mol. The van der Waals surface area contributed by atoms with E-state index in [2.05, 4.69) is 10.3 Å². The number of methoxy groups -OCH3 is 2. The maximum absolute atomic E-state index is 11.4. The van der Waals surface area contributed by atoms with E-state index < -0.39 is 4.92 Å². The Morgan fingerprint density at radius 1 is 1.08 bits per heavy atom. The van der Waals surface area contributed by atoms with Crippen LogP contribution in [0.25, 0.3) is 10.9 Å². The van der Waals surface area contributed by atoms with Crippen LogP contribution in [-0.2, 0) is 0 Å². The van der Waals surface area contributed by atoms with E-state index in [1.807, 2.05) is 31.2 Å². The molecule has 3 aromatic rings. The molecule has 7 nitrogen and oxygen atoms in total. The van der Waals surface area contributed by atoms with Gasteiger partial charge in [-0.05, 0) is 31.2 Å². The largest absolute Gasteiger partial charge is 0.493 e. The lowest BCUT2D eigenvalue weighted by Gasteiger charge is -2.12. The molecule has 3 rings (SSSR count). The molecule has 0 radical (unpaired) electrons. The van der Waals surface area contributed by atoms with Crippen LogP contribution in [0, 0.1) is 17.0 Å². The van der Waals surface area contributed by atoms with Crippen molar-refractivity contribution in [3.63, 3.8) is 0 Å². The summed E-state index contributed by atoms with van der Waals surface area (Å²) in [5.74, 6) is 0.732. The molecule has 0 spiro atoms. The predicted octanol–water partition coefficient (Wildman–Crippen LogP) is 4.15. The summed E-state index contributed by atoms with van der Waals surface area (Å²) in [7, 11) is 2.93. The molecule has 24 heavy (non-hydrogen) atoms. The second kappa shape index (κ2) is 6.11. The van der Waals surface area contributed by atoms with Gasteiger partial charge in [0.1, 0.15) is 5.69 Å². The lowest BCUT2D eigenvalue weighted by atomic mass is 10.2. The lowest BCUT2D eigenvalue weighted by Crippen LogP contribution is -2.00. The number of nitrogens with zero attached hydrogens (tertiary/aromatic N) is 1. The second-order valence-electron chi connectivity index (χ2n) is 5.36. The van der Waals surface area contributed by atoms with Gasteiger partial charge in [-0.15, -0.1) is 0 Å². The van der Waals surface area contributed by atoms with Crippen LogP contribution >= 0.6 is 0 Å². The molecule has 0 atom stereocenters. The van der Waals surface area contributed by atoms with Gasteiger partial charge in [0, 0.05) is 28.4 Å². The van der Waals surface area contributed by atoms with Crippen LogP contribution in [-0.4, -0.2) is 24.1 Å². The first-order valence-corrected chi connectivity index (χ1v) is 7.28. The maximum atomic E-state index is 11.4. The van der Waals surface area contributed by atoms with Gasteiger partial charge in [-0.1, -0.05) is 0 Å². The number of fused-ring (bicyclic) bond motifs is 1. The molecule has 0 bridgehead atoms. The van der Waals surface area contributed by atoms with Gasteiger partial charge < -0.3 is 19.8 Å². The van der Waals surface area contributed by atoms with E-state index in [-0.39, 0.29) is 5.69 Å². The number of nitro benzene ring substituents is 1. The number of H-pyrrole nitrogens is 1. The number of hydrogen-bond donors (Lipinski definition) is 2. The number of aromatic nitrogens is 1. The topological polar surface area (TPSA) is 89.4 Å². The molecule has 2 N–H and O–H groups in total. The van der Waals surface area contributed by atoms with E-state index in [1.54, 1.807) is 6.07 Å². The number of aromatic amines is 1. The molecule has 0 saturated carbocycles. The summed E-state index contributed by atoms with van der Waals surface area (Å²) >= 11 is 0. The van der Waals surface area contributed by atoms with Crippen LogP contribution in [0.3, 0.4) is 0 Å². The Hall–Kier alpha value is -3.22. The van der Waals surface area contributed by atoms with Gasteiger partial charge in [-0.2, -0.15) is 0 Å². The van der Waals surface area contributed by atoms with Gasteiger partial charge in [-0.3, -0.25) is 10.1 Å². The van der Waals surface area contributed by atoms with E-state index >= 15 is 0 Å². The van der Waals surface area contributed by atoms with Crippen molar-refractivity contribution in [2.75, 3.05) is 19.5 Å². The molecule has 2 aromatic carbocycles. The number of hydrogen-bond acceptors (Lipinski definition) is 5. The van der Waals surface area contributed by atoms with Crippen molar-refractivity contribution in [1.82, 2.24) is 4.98 Å². The fraction of sp³-hybridized carbons (Fsp3) is 0.176.